The molecule has 0 heterocycles. The van der Waals surface area contributed by atoms with Gasteiger partial charge in [-0.05, 0) is 43.9 Å². The van der Waals surface area contributed by atoms with Crippen molar-refractivity contribution in [2.75, 3.05) is 0 Å². The Morgan fingerprint density at radius 1 is 1.45 bits per heavy atom. The van der Waals surface area contributed by atoms with Crippen LogP contribution in [-0.2, 0) is 0 Å². The largest absolute Gasteiger partial charge is 0.0850 e. The first-order valence-corrected chi connectivity index (χ1v) is 5.10. The van der Waals surface area contributed by atoms with Gasteiger partial charge in [-0.1, -0.05) is 25.0 Å². The van der Waals surface area contributed by atoms with Gasteiger partial charge in [0.15, 0.2) is 0 Å². The molecule has 0 N–H and O–H groups in total. The van der Waals surface area contributed by atoms with Crippen molar-refractivity contribution in [3.8, 4) is 0 Å². The Morgan fingerprint density at radius 2 is 2.36 bits per heavy atom. The molecule has 0 spiro atoms. The Balaban J connectivity index is 2.11. The van der Waals surface area contributed by atoms with Crippen LogP contribution in [0.25, 0.3) is 0 Å². The Labute approximate surface area is 69.7 Å². The molecule has 0 nitrogen and oxygen atoms in total. The van der Waals surface area contributed by atoms with Crippen LogP contribution in [0.3, 0.4) is 0 Å². The lowest BCUT2D eigenvalue weighted by Gasteiger charge is -2.22. The summed E-state index contributed by atoms with van der Waals surface area (Å²) >= 11 is 0. The summed E-state index contributed by atoms with van der Waals surface area (Å²) < 4.78 is 0. The molecule has 11 heavy (non-hydrogen) atoms. The third-order valence-electron chi connectivity index (χ3n) is 3.50. The van der Waals surface area contributed by atoms with Crippen molar-refractivity contribution in [3.05, 3.63) is 11.6 Å². The standard InChI is InChI=1S/C11H18/c1-2-9-7-8-10-5-3-4-6-11(9)10/h5,9,11H,2-4,6-8H2,1H3. The molecule has 0 saturated heterocycles. The summed E-state index contributed by atoms with van der Waals surface area (Å²) in [5.41, 5.74) is 1.81. The number of fused-ring (bicyclic) bond motifs is 1. The topological polar surface area (TPSA) is 0 Å². The first kappa shape index (κ1) is 7.39. The second-order valence-corrected chi connectivity index (χ2v) is 4.02. The molecule has 2 unspecified atom stereocenters. The second kappa shape index (κ2) is 3.00. The normalized spacial score (nSPS) is 36.6. The quantitative estimate of drug-likeness (QED) is 0.502. The fraction of sp³-hybridized carbons (Fsp3) is 0.818. The van der Waals surface area contributed by atoms with Crippen LogP contribution in [0.4, 0.5) is 0 Å². The van der Waals surface area contributed by atoms with Crippen LogP contribution in [0.5, 0.6) is 0 Å². The van der Waals surface area contributed by atoms with E-state index in [1.54, 1.807) is 0 Å². The fourth-order valence-corrected chi connectivity index (χ4v) is 2.83. The summed E-state index contributed by atoms with van der Waals surface area (Å²) in [7, 11) is 0. The summed E-state index contributed by atoms with van der Waals surface area (Å²) in [6.07, 6.45) is 11.1. The Kier molecular flexibility index (Phi) is 2.02. The smallest absolute Gasteiger partial charge is 0.0175 e. The highest BCUT2D eigenvalue weighted by molar-refractivity contribution is 5.15. The van der Waals surface area contributed by atoms with Crippen molar-refractivity contribution >= 4 is 0 Å². The molecule has 0 aliphatic heterocycles. The highest BCUT2D eigenvalue weighted by Crippen LogP contribution is 2.43. The Bertz CT molecular complexity index is 167. The summed E-state index contributed by atoms with van der Waals surface area (Å²) in [5.74, 6) is 2.05. The molecule has 0 amide bonds. The minimum Gasteiger partial charge on any atom is -0.0850 e. The molecule has 0 aromatic rings. The van der Waals surface area contributed by atoms with E-state index in [2.05, 4.69) is 13.0 Å². The average Bonchev–Trinajstić information content (AvgIpc) is 2.47. The minimum absolute atomic E-state index is 1.01. The highest BCUT2D eigenvalue weighted by Gasteiger charge is 2.30. The minimum atomic E-state index is 1.01. The average molecular weight is 150 g/mol. The van der Waals surface area contributed by atoms with Crippen LogP contribution in [-0.4, -0.2) is 0 Å². The van der Waals surface area contributed by atoms with Gasteiger partial charge in [-0.25, -0.2) is 0 Å². The van der Waals surface area contributed by atoms with Gasteiger partial charge < -0.3 is 0 Å². The molecule has 0 bridgehead atoms. The predicted octanol–water partition coefficient (Wildman–Crippen LogP) is 3.53. The first-order valence-electron chi connectivity index (χ1n) is 5.10. The van der Waals surface area contributed by atoms with Gasteiger partial charge in [0.05, 0.1) is 0 Å². The van der Waals surface area contributed by atoms with E-state index in [0.29, 0.717) is 0 Å². The fourth-order valence-electron chi connectivity index (χ4n) is 2.83. The van der Waals surface area contributed by atoms with Gasteiger partial charge >= 0.3 is 0 Å². The van der Waals surface area contributed by atoms with E-state index in [9.17, 15) is 0 Å². The summed E-state index contributed by atoms with van der Waals surface area (Å²) in [6.45, 7) is 2.35. The van der Waals surface area contributed by atoms with Crippen molar-refractivity contribution in [2.45, 2.75) is 45.4 Å². The molecule has 1 fully saturated rings. The summed E-state index contributed by atoms with van der Waals surface area (Å²) in [5, 5.41) is 0. The zero-order valence-corrected chi connectivity index (χ0v) is 7.47. The van der Waals surface area contributed by atoms with Crippen molar-refractivity contribution < 1.29 is 0 Å². The molecule has 1 saturated carbocycles. The van der Waals surface area contributed by atoms with Crippen LogP contribution >= 0.6 is 0 Å². The van der Waals surface area contributed by atoms with E-state index >= 15 is 0 Å². The van der Waals surface area contributed by atoms with Crippen LogP contribution in [0.1, 0.15) is 45.4 Å². The van der Waals surface area contributed by atoms with Crippen molar-refractivity contribution in [1.29, 1.82) is 0 Å². The van der Waals surface area contributed by atoms with E-state index < -0.39 is 0 Å². The van der Waals surface area contributed by atoms with Gasteiger partial charge in [-0.3, -0.25) is 0 Å². The molecule has 0 radical (unpaired) electrons. The van der Waals surface area contributed by atoms with Gasteiger partial charge in [-0.2, -0.15) is 0 Å². The highest BCUT2D eigenvalue weighted by atomic mass is 14.4. The van der Waals surface area contributed by atoms with Gasteiger partial charge in [0, 0.05) is 0 Å². The van der Waals surface area contributed by atoms with Crippen molar-refractivity contribution in [2.24, 2.45) is 11.8 Å². The number of hydrogen-bond donors (Lipinski definition) is 0. The summed E-state index contributed by atoms with van der Waals surface area (Å²) in [6, 6.07) is 0. The lowest BCUT2D eigenvalue weighted by molar-refractivity contribution is 0.372. The van der Waals surface area contributed by atoms with Gasteiger partial charge in [0.2, 0.25) is 0 Å². The Hall–Kier alpha value is -0.260. The van der Waals surface area contributed by atoms with Crippen LogP contribution in [0, 0.1) is 11.8 Å². The van der Waals surface area contributed by atoms with Crippen molar-refractivity contribution in [3.63, 3.8) is 0 Å². The number of hydrogen-bond acceptors (Lipinski definition) is 0. The first-order chi connectivity index (χ1) is 5.42. The zero-order valence-electron chi connectivity index (χ0n) is 7.47. The van der Waals surface area contributed by atoms with E-state index in [1.807, 2.05) is 5.57 Å². The molecule has 0 heteroatoms. The summed E-state index contributed by atoms with van der Waals surface area (Å²) in [4.78, 5) is 0. The molecule has 2 atom stereocenters. The molecule has 0 aromatic carbocycles. The van der Waals surface area contributed by atoms with E-state index in [0.717, 1.165) is 11.8 Å². The SMILES string of the molecule is CCC1CCC2=CCCCC21. The Morgan fingerprint density at radius 3 is 3.18 bits per heavy atom. The molecular formula is C11H18. The molecule has 2 aliphatic carbocycles. The number of allylic oxidation sites excluding steroid dienone is 2. The molecular weight excluding hydrogens is 132 g/mol. The maximum Gasteiger partial charge on any atom is -0.0175 e. The van der Waals surface area contributed by atoms with Crippen LogP contribution in [0.2, 0.25) is 0 Å². The number of rotatable bonds is 1. The second-order valence-electron chi connectivity index (χ2n) is 4.02. The molecule has 2 rings (SSSR count). The lowest BCUT2D eigenvalue weighted by Crippen LogP contribution is -2.10. The van der Waals surface area contributed by atoms with E-state index in [-0.39, 0.29) is 0 Å². The third kappa shape index (κ3) is 1.23. The molecule has 0 aromatic heterocycles. The third-order valence-corrected chi connectivity index (χ3v) is 3.50. The van der Waals surface area contributed by atoms with E-state index in [1.165, 1.54) is 38.5 Å². The van der Waals surface area contributed by atoms with Crippen LogP contribution in [0.15, 0.2) is 11.6 Å². The van der Waals surface area contributed by atoms with Gasteiger partial charge in [-0.15, -0.1) is 0 Å². The predicted molar refractivity (Wildman–Crippen MR) is 48.4 cm³/mol. The lowest BCUT2D eigenvalue weighted by atomic mass is 9.83. The maximum absolute atomic E-state index is 2.52. The van der Waals surface area contributed by atoms with Gasteiger partial charge in [0.25, 0.3) is 0 Å². The molecule has 2 aliphatic rings. The van der Waals surface area contributed by atoms with Crippen molar-refractivity contribution in [1.82, 2.24) is 0 Å². The monoisotopic (exact) mass is 150 g/mol. The zero-order chi connectivity index (χ0) is 7.68. The molecule has 62 valence electrons. The van der Waals surface area contributed by atoms with E-state index in [4.69, 9.17) is 0 Å². The van der Waals surface area contributed by atoms with Crippen LogP contribution < -0.4 is 0 Å². The maximum atomic E-state index is 2.52. The van der Waals surface area contributed by atoms with Gasteiger partial charge in [0.1, 0.15) is 0 Å².